The van der Waals surface area contributed by atoms with Crippen LogP contribution in [0.1, 0.15) is 15.9 Å². The van der Waals surface area contributed by atoms with Gasteiger partial charge in [0.15, 0.2) is 0 Å². The summed E-state index contributed by atoms with van der Waals surface area (Å²) in [5, 5.41) is 0. The average Bonchev–Trinajstić information content (AvgIpc) is 2.40. The lowest BCUT2D eigenvalue weighted by Gasteiger charge is -2.08. The molecule has 2 aromatic rings. The van der Waals surface area contributed by atoms with Crippen LogP contribution in [0.2, 0.25) is 0 Å². The summed E-state index contributed by atoms with van der Waals surface area (Å²) in [7, 11) is 0. The van der Waals surface area contributed by atoms with Gasteiger partial charge in [-0.05, 0) is 17.7 Å². The molecule has 0 heterocycles. The first-order valence-corrected chi connectivity index (χ1v) is 5.69. The molecule has 2 aromatic carbocycles. The number of carbonyl (C=O) groups is 1. The lowest BCUT2D eigenvalue weighted by molar-refractivity contribution is 0.0933. The van der Waals surface area contributed by atoms with Gasteiger partial charge in [0.25, 0.3) is 5.91 Å². The molecule has 18 heavy (non-hydrogen) atoms. The molecule has 0 radical (unpaired) electrons. The van der Waals surface area contributed by atoms with Crippen LogP contribution < -0.4 is 16.6 Å². The van der Waals surface area contributed by atoms with Gasteiger partial charge in [-0.25, -0.2) is 5.43 Å². The number of nitrogen functional groups attached to an aromatic ring is 1. The van der Waals surface area contributed by atoms with E-state index in [-0.39, 0.29) is 5.91 Å². The summed E-state index contributed by atoms with van der Waals surface area (Å²) in [6, 6.07) is 16.8. The van der Waals surface area contributed by atoms with Gasteiger partial charge in [0.2, 0.25) is 0 Å². The lowest BCUT2D eigenvalue weighted by atomic mass is 10.2. The summed E-state index contributed by atoms with van der Waals surface area (Å²) in [5.41, 5.74) is 13.2. The van der Waals surface area contributed by atoms with Crippen LogP contribution in [0.25, 0.3) is 0 Å². The standard InChI is InChI=1S/C14H15N3O/c15-13-9-5-4-8-12(13)14(18)17-16-10-11-6-2-1-3-7-11/h1-9,16H,10,15H2,(H,17,18). The van der Waals surface area contributed by atoms with Gasteiger partial charge in [-0.3, -0.25) is 10.2 Å². The minimum atomic E-state index is -0.232. The number of hydrogen-bond acceptors (Lipinski definition) is 3. The Bertz CT molecular complexity index is 526. The van der Waals surface area contributed by atoms with Crippen molar-refractivity contribution in [1.29, 1.82) is 0 Å². The third kappa shape index (κ3) is 3.09. The monoisotopic (exact) mass is 241 g/mol. The van der Waals surface area contributed by atoms with E-state index in [1.165, 1.54) is 0 Å². The van der Waals surface area contributed by atoms with Gasteiger partial charge in [-0.2, -0.15) is 0 Å². The second-order valence-electron chi connectivity index (χ2n) is 3.88. The third-order valence-corrected chi connectivity index (χ3v) is 2.54. The Morgan fingerprint density at radius 2 is 1.67 bits per heavy atom. The van der Waals surface area contributed by atoms with Gasteiger partial charge in [0.1, 0.15) is 0 Å². The van der Waals surface area contributed by atoms with Gasteiger partial charge in [0, 0.05) is 12.2 Å². The highest BCUT2D eigenvalue weighted by atomic mass is 16.2. The van der Waals surface area contributed by atoms with E-state index >= 15 is 0 Å². The summed E-state index contributed by atoms with van der Waals surface area (Å²) in [4.78, 5) is 11.8. The maximum atomic E-state index is 11.8. The molecule has 4 nitrogen and oxygen atoms in total. The number of nitrogens with two attached hydrogens (primary N) is 1. The van der Waals surface area contributed by atoms with Crippen molar-refractivity contribution in [3.05, 3.63) is 65.7 Å². The fourth-order valence-corrected chi connectivity index (χ4v) is 1.59. The zero-order valence-electron chi connectivity index (χ0n) is 9.89. The van der Waals surface area contributed by atoms with Crippen LogP contribution >= 0.6 is 0 Å². The van der Waals surface area contributed by atoms with Crippen LogP contribution in [0.3, 0.4) is 0 Å². The van der Waals surface area contributed by atoms with Crippen molar-refractivity contribution in [1.82, 2.24) is 10.9 Å². The number of rotatable bonds is 4. The quantitative estimate of drug-likeness (QED) is 0.564. The summed E-state index contributed by atoms with van der Waals surface area (Å²) < 4.78 is 0. The predicted octanol–water partition coefficient (Wildman–Crippen LogP) is 1.70. The van der Waals surface area contributed by atoms with Crippen molar-refractivity contribution >= 4 is 11.6 Å². The van der Waals surface area contributed by atoms with Crippen LogP contribution in [-0.2, 0) is 6.54 Å². The second-order valence-corrected chi connectivity index (χ2v) is 3.88. The van der Waals surface area contributed by atoms with Crippen molar-refractivity contribution < 1.29 is 4.79 Å². The Balaban J connectivity index is 1.88. The van der Waals surface area contributed by atoms with Crippen molar-refractivity contribution in [2.24, 2.45) is 0 Å². The molecular formula is C14H15N3O. The van der Waals surface area contributed by atoms with Crippen molar-refractivity contribution in [2.75, 3.05) is 5.73 Å². The van der Waals surface area contributed by atoms with Crippen molar-refractivity contribution in [3.8, 4) is 0 Å². The van der Waals surface area contributed by atoms with Gasteiger partial charge < -0.3 is 5.73 Å². The van der Waals surface area contributed by atoms with Gasteiger partial charge >= 0.3 is 0 Å². The van der Waals surface area contributed by atoms with E-state index in [9.17, 15) is 4.79 Å². The molecule has 0 atom stereocenters. The lowest BCUT2D eigenvalue weighted by Crippen LogP contribution is -2.37. The highest BCUT2D eigenvalue weighted by Crippen LogP contribution is 2.09. The summed E-state index contributed by atoms with van der Waals surface area (Å²) in [6.07, 6.45) is 0. The van der Waals surface area contributed by atoms with Crippen LogP contribution in [0.4, 0.5) is 5.69 Å². The Morgan fingerprint density at radius 1 is 1.00 bits per heavy atom. The molecule has 92 valence electrons. The number of anilines is 1. The number of amides is 1. The van der Waals surface area contributed by atoms with E-state index in [4.69, 9.17) is 5.73 Å². The molecule has 1 amide bonds. The SMILES string of the molecule is Nc1ccccc1C(=O)NNCc1ccccc1. The first-order chi connectivity index (χ1) is 8.77. The number of carbonyl (C=O) groups excluding carboxylic acids is 1. The van der Waals surface area contributed by atoms with E-state index < -0.39 is 0 Å². The molecule has 0 fully saturated rings. The predicted molar refractivity (Wildman–Crippen MR) is 71.6 cm³/mol. The zero-order valence-corrected chi connectivity index (χ0v) is 9.89. The van der Waals surface area contributed by atoms with Gasteiger partial charge in [-0.15, -0.1) is 0 Å². The molecule has 0 aliphatic carbocycles. The van der Waals surface area contributed by atoms with Crippen molar-refractivity contribution in [2.45, 2.75) is 6.54 Å². The number of nitrogens with one attached hydrogen (secondary N) is 2. The Morgan fingerprint density at radius 3 is 2.39 bits per heavy atom. The molecular weight excluding hydrogens is 226 g/mol. The number of hydrogen-bond donors (Lipinski definition) is 3. The fourth-order valence-electron chi connectivity index (χ4n) is 1.59. The largest absolute Gasteiger partial charge is 0.398 e. The van der Waals surface area contributed by atoms with Crippen LogP contribution in [0.15, 0.2) is 54.6 Å². The highest BCUT2D eigenvalue weighted by molar-refractivity contribution is 5.98. The maximum absolute atomic E-state index is 11.8. The van der Waals surface area contributed by atoms with Crippen LogP contribution in [-0.4, -0.2) is 5.91 Å². The molecule has 0 saturated carbocycles. The van der Waals surface area contributed by atoms with Crippen molar-refractivity contribution in [3.63, 3.8) is 0 Å². The topological polar surface area (TPSA) is 67.2 Å². The Hall–Kier alpha value is -2.33. The smallest absolute Gasteiger partial charge is 0.267 e. The van der Waals surface area contributed by atoms with E-state index in [0.29, 0.717) is 17.8 Å². The molecule has 0 bridgehead atoms. The van der Waals surface area contributed by atoms with E-state index in [1.54, 1.807) is 24.3 Å². The summed E-state index contributed by atoms with van der Waals surface area (Å²) in [5.74, 6) is -0.232. The fraction of sp³-hybridized carbons (Fsp3) is 0.0714. The highest BCUT2D eigenvalue weighted by Gasteiger charge is 2.07. The Labute approximate surface area is 106 Å². The van der Waals surface area contributed by atoms with Gasteiger partial charge in [-0.1, -0.05) is 42.5 Å². The summed E-state index contributed by atoms with van der Waals surface area (Å²) in [6.45, 7) is 0.569. The van der Waals surface area contributed by atoms with E-state index in [0.717, 1.165) is 5.56 Å². The third-order valence-electron chi connectivity index (χ3n) is 2.54. The van der Waals surface area contributed by atoms with Crippen LogP contribution in [0, 0.1) is 0 Å². The molecule has 4 N–H and O–H groups in total. The molecule has 0 aliphatic rings. The molecule has 0 aromatic heterocycles. The summed E-state index contributed by atoms with van der Waals surface area (Å²) >= 11 is 0. The van der Waals surface area contributed by atoms with Crippen LogP contribution in [0.5, 0.6) is 0 Å². The molecule has 0 spiro atoms. The van der Waals surface area contributed by atoms with Gasteiger partial charge in [0.05, 0.1) is 5.56 Å². The molecule has 0 aliphatic heterocycles. The first-order valence-electron chi connectivity index (χ1n) is 5.69. The number of hydrazine groups is 1. The molecule has 0 saturated heterocycles. The first kappa shape index (κ1) is 12.1. The minimum Gasteiger partial charge on any atom is -0.398 e. The molecule has 4 heteroatoms. The molecule has 0 unspecified atom stereocenters. The minimum absolute atomic E-state index is 0.232. The normalized spacial score (nSPS) is 10.0. The maximum Gasteiger partial charge on any atom is 0.267 e. The zero-order chi connectivity index (χ0) is 12.8. The Kier molecular flexibility index (Phi) is 3.94. The second kappa shape index (κ2) is 5.84. The number of para-hydroxylation sites is 1. The average molecular weight is 241 g/mol. The van der Waals surface area contributed by atoms with E-state index in [1.807, 2.05) is 30.3 Å². The molecule has 2 rings (SSSR count). The number of benzene rings is 2. The van der Waals surface area contributed by atoms with E-state index in [2.05, 4.69) is 10.9 Å².